The van der Waals surface area contributed by atoms with Crippen LogP contribution in [0.25, 0.3) is 5.69 Å². The molecular formula is C30H31BrN4O3S. The SMILES string of the molecule is Cc1ccc(S(=O)(=O)N(CC(=O)N/N=C\c2cc(C)n(-c3ccc(Br)cc3)c2C)c2cc(C)ccc2C)cc1. The van der Waals surface area contributed by atoms with E-state index in [2.05, 4.69) is 31.0 Å². The zero-order valence-electron chi connectivity index (χ0n) is 22.6. The molecule has 0 unspecified atom stereocenters. The molecule has 0 fully saturated rings. The number of hydrazone groups is 1. The molecule has 9 heteroatoms. The molecule has 0 bridgehead atoms. The molecule has 4 aromatic rings. The maximum absolute atomic E-state index is 13.7. The molecule has 0 aliphatic rings. The monoisotopic (exact) mass is 606 g/mol. The molecule has 0 radical (unpaired) electrons. The minimum absolute atomic E-state index is 0.116. The number of aromatic nitrogens is 1. The second-order valence-corrected chi connectivity index (χ2v) is 12.3. The van der Waals surface area contributed by atoms with Crippen LogP contribution in [0.2, 0.25) is 0 Å². The summed E-state index contributed by atoms with van der Waals surface area (Å²) in [5.41, 5.74) is 9.38. The predicted octanol–water partition coefficient (Wildman–Crippen LogP) is 6.13. The number of benzene rings is 3. The number of carbonyl (C=O) groups is 1. The quantitative estimate of drug-likeness (QED) is 0.193. The van der Waals surface area contributed by atoms with E-state index in [-0.39, 0.29) is 4.90 Å². The predicted molar refractivity (Wildman–Crippen MR) is 160 cm³/mol. The van der Waals surface area contributed by atoms with Crippen molar-refractivity contribution in [2.45, 2.75) is 39.5 Å². The van der Waals surface area contributed by atoms with Gasteiger partial charge in [-0.2, -0.15) is 5.10 Å². The third kappa shape index (κ3) is 6.32. The van der Waals surface area contributed by atoms with Crippen LogP contribution in [0.3, 0.4) is 0 Å². The van der Waals surface area contributed by atoms with Gasteiger partial charge in [-0.1, -0.05) is 45.8 Å². The highest BCUT2D eigenvalue weighted by Crippen LogP contribution is 2.28. The summed E-state index contributed by atoms with van der Waals surface area (Å²) in [6.07, 6.45) is 1.58. The van der Waals surface area contributed by atoms with Crippen LogP contribution in [0.5, 0.6) is 0 Å². The lowest BCUT2D eigenvalue weighted by atomic mass is 10.1. The molecule has 0 atom stereocenters. The lowest BCUT2D eigenvalue weighted by Crippen LogP contribution is -2.40. The number of sulfonamides is 1. The van der Waals surface area contributed by atoms with Gasteiger partial charge in [0.25, 0.3) is 15.9 Å². The van der Waals surface area contributed by atoms with Gasteiger partial charge in [-0.05, 0) is 94.3 Å². The Morgan fingerprint density at radius 2 is 1.56 bits per heavy atom. The maximum atomic E-state index is 13.7. The Bertz CT molecular complexity index is 1640. The number of halogens is 1. The number of amides is 1. The fourth-order valence-corrected chi connectivity index (χ4v) is 6.11. The minimum Gasteiger partial charge on any atom is -0.318 e. The van der Waals surface area contributed by atoms with Crippen molar-refractivity contribution in [1.29, 1.82) is 0 Å². The van der Waals surface area contributed by atoms with Gasteiger partial charge in [-0.15, -0.1) is 0 Å². The first-order valence-corrected chi connectivity index (χ1v) is 14.6. The Morgan fingerprint density at radius 1 is 0.923 bits per heavy atom. The average Bonchev–Trinajstić information content (AvgIpc) is 3.17. The van der Waals surface area contributed by atoms with E-state index >= 15 is 0 Å². The van der Waals surface area contributed by atoms with Crippen LogP contribution < -0.4 is 9.73 Å². The standard InChI is InChI=1S/C30H31BrN4O3S/c1-20-7-14-28(15-8-20)39(37,38)34(29-16-21(2)6-9-22(29)3)19-30(36)33-32-18-25-17-23(4)35(24(25)5)27-12-10-26(31)11-13-27/h6-18H,19H2,1-5H3,(H,33,36)/b32-18-. The van der Waals surface area contributed by atoms with E-state index in [0.717, 1.165) is 48.1 Å². The fraction of sp³-hybridized carbons (Fsp3) is 0.200. The summed E-state index contributed by atoms with van der Waals surface area (Å²) in [6.45, 7) is 9.16. The van der Waals surface area contributed by atoms with E-state index in [1.165, 1.54) is 0 Å². The van der Waals surface area contributed by atoms with Crippen molar-refractivity contribution in [1.82, 2.24) is 9.99 Å². The molecule has 202 valence electrons. The van der Waals surface area contributed by atoms with E-state index < -0.39 is 22.5 Å². The van der Waals surface area contributed by atoms with E-state index in [0.29, 0.717) is 5.69 Å². The summed E-state index contributed by atoms with van der Waals surface area (Å²) in [6, 6.07) is 22.1. The van der Waals surface area contributed by atoms with Crippen molar-refractivity contribution in [2.24, 2.45) is 5.10 Å². The molecule has 1 aromatic heterocycles. The molecule has 3 aromatic carbocycles. The van der Waals surface area contributed by atoms with Gasteiger partial charge in [-0.3, -0.25) is 9.10 Å². The van der Waals surface area contributed by atoms with Crippen molar-refractivity contribution >= 4 is 43.8 Å². The van der Waals surface area contributed by atoms with Gasteiger partial charge >= 0.3 is 0 Å². The minimum atomic E-state index is -4.01. The summed E-state index contributed by atoms with van der Waals surface area (Å²) in [5.74, 6) is -0.551. The number of anilines is 1. The first kappa shape index (κ1) is 28.3. The second-order valence-electron chi connectivity index (χ2n) is 9.55. The lowest BCUT2D eigenvalue weighted by molar-refractivity contribution is -0.119. The molecule has 0 aliphatic heterocycles. The van der Waals surface area contributed by atoms with Crippen molar-refractivity contribution in [3.63, 3.8) is 0 Å². The van der Waals surface area contributed by atoms with Gasteiger partial charge < -0.3 is 4.57 Å². The van der Waals surface area contributed by atoms with Gasteiger partial charge in [0.1, 0.15) is 6.54 Å². The summed E-state index contributed by atoms with van der Waals surface area (Å²) in [7, 11) is -4.01. The Morgan fingerprint density at radius 3 is 2.23 bits per heavy atom. The molecule has 0 aliphatic carbocycles. The molecule has 39 heavy (non-hydrogen) atoms. The maximum Gasteiger partial charge on any atom is 0.264 e. The van der Waals surface area contributed by atoms with Crippen LogP contribution in [0.4, 0.5) is 5.69 Å². The highest BCUT2D eigenvalue weighted by atomic mass is 79.9. The number of aryl methyl sites for hydroxylation is 4. The largest absolute Gasteiger partial charge is 0.318 e. The first-order valence-electron chi connectivity index (χ1n) is 12.4. The second kappa shape index (κ2) is 11.6. The molecule has 4 rings (SSSR count). The average molecular weight is 608 g/mol. The van der Waals surface area contributed by atoms with Crippen LogP contribution in [0.15, 0.2) is 87.3 Å². The van der Waals surface area contributed by atoms with Crippen molar-refractivity contribution in [2.75, 3.05) is 10.8 Å². The van der Waals surface area contributed by atoms with Crippen LogP contribution in [0, 0.1) is 34.6 Å². The van der Waals surface area contributed by atoms with Gasteiger partial charge in [0, 0.05) is 27.1 Å². The highest BCUT2D eigenvalue weighted by molar-refractivity contribution is 9.10. The third-order valence-electron chi connectivity index (χ3n) is 6.48. The van der Waals surface area contributed by atoms with E-state index in [9.17, 15) is 13.2 Å². The Kier molecular flexibility index (Phi) is 8.42. The smallest absolute Gasteiger partial charge is 0.264 e. The first-order chi connectivity index (χ1) is 18.5. The highest BCUT2D eigenvalue weighted by Gasteiger charge is 2.28. The normalized spacial score (nSPS) is 11.6. The van der Waals surface area contributed by atoms with E-state index in [1.54, 1.807) is 36.5 Å². The van der Waals surface area contributed by atoms with Gasteiger partial charge in [0.2, 0.25) is 0 Å². The van der Waals surface area contributed by atoms with Gasteiger partial charge in [-0.25, -0.2) is 13.8 Å². The van der Waals surface area contributed by atoms with E-state index in [4.69, 9.17) is 0 Å². The number of hydrogen-bond donors (Lipinski definition) is 1. The van der Waals surface area contributed by atoms with Crippen molar-refractivity contribution < 1.29 is 13.2 Å². The zero-order valence-corrected chi connectivity index (χ0v) is 25.0. The van der Waals surface area contributed by atoms with Gasteiger partial charge in [0.05, 0.1) is 16.8 Å². The Labute approximate surface area is 238 Å². The Balaban J connectivity index is 1.58. The van der Waals surface area contributed by atoms with E-state index in [1.807, 2.05) is 77.1 Å². The van der Waals surface area contributed by atoms with Crippen molar-refractivity contribution in [3.05, 3.63) is 111 Å². The molecule has 1 amide bonds. The summed E-state index contributed by atoms with van der Waals surface area (Å²) < 4.78 is 31.6. The molecule has 1 N–H and O–H groups in total. The number of rotatable bonds is 8. The van der Waals surface area contributed by atoms with Crippen LogP contribution >= 0.6 is 15.9 Å². The summed E-state index contributed by atoms with van der Waals surface area (Å²) in [5, 5.41) is 4.15. The summed E-state index contributed by atoms with van der Waals surface area (Å²) >= 11 is 3.46. The molecule has 0 saturated heterocycles. The number of nitrogens with one attached hydrogen (secondary N) is 1. The zero-order chi connectivity index (χ0) is 28.3. The molecule has 7 nitrogen and oxygen atoms in total. The Hall–Kier alpha value is -3.69. The molecule has 0 spiro atoms. The molecular weight excluding hydrogens is 576 g/mol. The van der Waals surface area contributed by atoms with Crippen LogP contribution in [-0.2, 0) is 14.8 Å². The third-order valence-corrected chi connectivity index (χ3v) is 8.78. The van der Waals surface area contributed by atoms with Crippen LogP contribution in [-0.4, -0.2) is 31.7 Å². The lowest BCUT2D eigenvalue weighted by Gasteiger charge is -2.25. The molecule has 0 saturated carbocycles. The topological polar surface area (TPSA) is 83.8 Å². The number of nitrogens with zero attached hydrogens (tertiary/aromatic N) is 3. The summed E-state index contributed by atoms with van der Waals surface area (Å²) in [4.78, 5) is 13.1. The van der Waals surface area contributed by atoms with Crippen molar-refractivity contribution in [3.8, 4) is 5.69 Å². The van der Waals surface area contributed by atoms with Gasteiger partial charge in [0.15, 0.2) is 0 Å². The molecule has 1 heterocycles. The number of hydrogen-bond acceptors (Lipinski definition) is 4. The van der Waals surface area contributed by atoms with Crippen LogP contribution in [0.1, 0.15) is 33.6 Å². The number of carbonyl (C=O) groups excluding carboxylic acids is 1. The fourth-order valence-electron chi connectivity index (χ4n) is 4.37.